The Morgan fingerprint density at radius 1 is 1.20 bits per heavy atom. The van der Waals surface area contributed by atoms with Gasteiger partial charge in [0.1, 0.15) is 11.3 Å². The molecular weight excluding hydrogens is 316 g/mol. The molecule has 0 unspecified atom stereocenters. The highest BCUT2D eigenvalue weighted by Crippen LogP contribution is 2.31. The number of piperidine rings is 1. The van der Waals surface area contributed by atoms with Gasteiger partial charge in [0.15, 0.2) is 11.5 Å². The lowest BCUT2D eigenvalue weighted by molar-refractivity contribution is 0.0703. The van der Waals surface area contributed by atoms with Crippen LogP contribution in [-0.4, -0.2) is 34.0 Å². The normalized spacial score (nSPS) is 15.6. The summed E-state index contributed by atoms with van der Waals surface area (Å²) in [7, 11) is 0. The van der Waals surface area contributed by atoms with Crippen molar-refractivity contribution in [3.05, 3.63) is 59.5 Å². The topological polar surface area (TPSA) is 66.6 Å². The van der Waals surface area contributed by atoms with E-state index >= 15 is 0 Å². The van der Waals surface area contributed by atoms with Gasteiger partial charge in [0.2, 0.25) is 0 Å². The number of aromatic hydroxyl groups is 1. The van der Waals surface area contributed by atoms with Crippen LogP contribution in [-0.2, 0) is 0 Å². The standard InChI is InChI=1S/C20H20N2O3/c1-13-6-7-17(23)15(12-13)20(24)22-10-8-14(9-11-22)19-21-16-4-2-3-5-18(16)25-19/h2-7,12,14,23H,8-11H2,1H3. The fraction of sp³-hybridized carbons (Fsp3) is 0.300. The zero-order chi connectivity index (χ0) is 17.4. The minimum Gasteiger partial charge on any atom is -0.507 e. The van der Waals surface area contributed by atoms with E-state index in [1.165, 1.54) is 0 Å². The molecule has 1 saturated heterocycles. The number of phenolic OH excluding ortho intramolecular Hbond substituents is 1. The van der Waals surface area contributed by atoms with E-state index in [2.05, 4.69) is 4.98 Å². The lowest BCUT2D eigenvalue weighted by Gasteiger charge is -2.30. The number of carbonyl (C=O) groups excluding carboxylic acids is 1. The van der Waals surface area contributed by atoms with E-state index in [-0.39, 0.29) is 17.6 Å². The Morgan fingerprint density at radius 2 is 1.96 bits per heavy atom. The number of para-hydroxylation sites is 2. The zero-order valence-electron chi connectivity index (χ0n) is 14.1. The number of nitrogens with zero attached hydrogens (tertiary/aromatic N) is 2. The van der Waals surface area contributed by atoms with Gasteiger partial charge in [-0.2, -0.15) is 0 Å². The lowest BCUT2D eigenvalue weighted by atomic mass is 9.96. The van der Waals surface area contributed by atoms with E-state index in [0.717, 1.165) is 35.4 Å². The first kappa shape index (κ1) is 15.7. The second kappa shape index (κ2) is 6.24. The van der Waals surface area contributed by atoms with Crippen LogP contribution < -0.4 is 0 Å². The van der Waals surface area contributed by atoms with E-state index < -0.39 is 0 Å². The van der Waals surface area contributed by atoms with E-state index in [1.807, 2.05) is 31.2 Å². The molecule has 4 rings (SSSR count). The molecular formula is C20H20N2O3. The van der Waals surface area contributed by atoms with Crippen molar-refractivity contribution < 1.29 is 14.3 Å². The van der Waals surface area contributed by atoms with E-state index in [1.54, 1.807) is 23.1 Å². The fourth-order valence-corrected chi connectivity index (χ4v) is 3.39. The van der Waals surface area contributed by atoms with Crippen molar-refractivity contribution in [1.29, 1.82) is 0 Å². The number of fused-ring (bicyclic) bond motifs is 1. The number of oxazole rings is 1. The number of amides is 1. The Kier molecular flexibility index (Phi) is 3.92. The summed E-state index contributed by atoms with van der Waals surface area (Å²) in [5.41, 5.74) is 3.02. The summed E-state index contributed by atoms with van der Waals surface area (Å²) in [6, 6.07) is 12.9. The van der Waals surface area contributed by atoms with Gasteiger partial charge in [-0.25, -0.2) is 4.98 Å². The Labute approximate surface area is 145 Å². The van der Waals surface area contributed by atoms with E-state index in [4.69, 9.17) is 4.42 Å². The van der Waals surface area contributed by atoms with Gasteiger partial charge in [-0.3, -0.25) is 4.79 Å². The van der Waals surface area contributed by atoms with Crippen molar-refractivity contribution in [3.63, 3.8) is 0 Å². The summed E-state index contributed by atoms with van der Waals surface area (Å²) in [6.07, 6.45) is 1.62. The third-order valence-electron chi connectivity index (χ3n) is 4.82. The summed E-state index contributed by atoms with van der Waals surface area (Å²) in [4.78, 5) is 19.1. The van der Waals surface area contributed by atoms with Crippen LogP contribution in [0, 0.1) is 6.92 Å². The molecule has 3 aromatic rings. The Bertz CT molecular complexity index is 891. The van der Waals surface area contributed by atoms with Crippen LogP contribution in [0.15, 0.2) is 46.9 Å². The molecule has 128 valence electrons. The maximum atomic E-state index is 12.7. The highest BCUT2D eigenvalue weighted by atomic mass is 16.3. The average Bonchev–Trinajstić information content (AvgIpc) is 3.07. The van der Waals surface area contributed by atoms with Gasteiger partial charge in [0.25, 0.3) is 5.91 Å². The minimum absolute atomic E-state index is 0.0386. The molecule has 25 heavy (non-hydrogen) atoms. The maximum absolute atomic E-state index is 12.7. The number of benzene rings is 2. The van der Waals surface area contributed by atoms with Crippen molar-refractivity contribution >= 4 is 17.0 Å². The molecule has 1 aliphatic rings. The molecule has 0 aliphatic carbocycles. The number of aryl methyl sites for hydroxylation is 1. The highest BCUT2D eigenvalue weighted by molar-refractivity contribution is 5.97. The van der Waals surface area contributed by atoms with Gasteiger partial charge in [0, 0.05) is 19.0 Å². The first-order valence-electron chi connectivity index (χ1n) is 8.56. The smallest absolute Gasteiger partial charge is 0.257 e. The summed E-state index contributed by atoms with van der Waals surface area (Å²) in [5, 5.41) is 9.97. The third kappa shape index (κ3) is 2.97. The average molecular weight is 336 g/mol. The van der Waals surface area contributed by atoms with Crippen LogP contribution in [0.3, 0.4) is 0 Å². The SMILES string of the molecule is Cc1ccc(O)c(C(=O)N2CCC(c3nc4ccccc4o3)CC2)c1. The van der Waals surface area contributed by atoms with Gasteiger partial charge in [-0.1, -0.05) is 23.8 Å². The molecule has 1 N–H and O–H groups in total. The van der Waals surface area contributed by atoms with Crippen molar-refractivity contribution in [2.24, 2.45) is 0 Å². The molecule has 1 amide bonds. The van der Waals surface area contributed by atoms with Crippen LogP contribution in [0.4, 0.5) is 0 Å². The number of rotatable bonds is 2. The molecule has 5 nitrogen and oxygen atoms in total. The molecule has 2 aromatic carbocycles. The number of phenols is 1. The van der Waals surface area contributed by atoms with E-state index in [9.17, 15) is 9.90 Å². The Balaban J connectivity index is 1.47. The zero-order valence-corrected chi connectivity index (χ0v) is 14.1. The molecule has 0 saturated carbocycles. The molecule has 0 spiro atoms. The monoisotopic (exact) mass is 336 g/mol. The minimum atomic E-state index is -0.114. The number of hydrogen-bond donors (Lipinski definition) is 1. The van der Waals surface area contributed by atoms with Crippen molar-refractivity contribution in [3.8, 4) is 5.75 Å². The van der Waals surface area contributed by atoms with Crippen LogP contribution >= 0.6 is 0 Å². The number of carbonyl (C=O) groups is 1. The van der Waals surface area contributed by atoms with Crippen molar-refractivity contribution in [2.45, 2.75) is 25.7 Å². The van der Waals surface area contributed by atoms with Crippen LogP contribution in [0.5, 0.6) is 5.75 Å². The first-order valence-corrected chi connectivity index (χ1v) is 8.56. The van der Waals surface area contributed by atoms with Crippen molar-refractivity contribution in [2.75, 3.05) is 13.1 Å². The van der Waals surface area contributed by atoms with Crippen LogP contribution in [0.1, 0.15) is 40.6 Å². The number of aromatic nitrogens is 1. The molecule has 2 heterocycles. The maximum Gasteiger partial charge on any atom is 0.257 e. The van der Waals surface area contributed by atoms with Gasteiger partial charge in [-0.05, 0) is 44.0 Å². The van der Waals surface area contributed by atoms with Gasteiger partial charge in [0.05, 0.1) is 5.56 Å². The summed E-state index contributed by atoms with van der Waals surface area (Å²) >= 11 is 0. The molecule has 0 bridgehead atoms. The lowest BCUT2D eigenvalue weighted by Crippen LogP contribution is -2.38. The van der Waals surface area contributed by atoms with E-state index in [0.29, 0.717) is 18.7 Å². The summed E-state index contributed by atoms with van der Waals surface area (Å²) in [5.74, 6) is 0.906. The largest absolute Gasteiger partial charge is 0.507 e. The summed E-state index contributed by atoms with van der Waals surface area (Å²) < 4.78 is 5.87. The molecule has 1 aromatic heterocycles. The second-order valence-corrected chi connectivity index (χ2v) is 6.61. The van der Waals surface area contributed by atoms with Crippen LogP contribution in [0.25, 0.3) is 11.1 Å². The van der Waals surface area contributed by atoms with Crippen LogP contribution in [0.2, 0.25) is 0 Å². The molecule has 1 aliphatic heterocycles. The number of hydrogen-bond acceptors (Lipinski definition) is 4. The summed E-state index contributed by atoms with van der Waals surface area (Å²) in [6.45, 7) is 3.18. The first-order chi connectivity index (χ1) is 12.1. The number of likely N-dealkylation sites (tertiary alicyclic amines) is 1. The molecule has 0 radical (unpaired) electrons. The molecule has 0 atom stereocenters. The van der Waals surface area contributed by atoms with Gasteiger partial charge < -0.3 is 14.4 Å². The second-order valence-electron chi connectivity index (χ2n) is 6.61. The quantitative estimate of drug-likeness (QED) is 0.771. The van der Waals surface area contributed by atoms with Gasteiger partial charge in [-0.15, -0.1) is 0 Å². The highest BCUT2D eigenvalue weighted by Gasteiger charge is 2.28. The predicted octanol–water partition coefficient (Wildman–Crippen LogP) is 3.86. The fourth-order valence-electron chi connectivity index (χ4n) is 3.39. The predicted molar refractivity (Wildman–Crippen MR) is 94.7 cm³/mol. The van der Waals surface area contributed by atoms with Gasteiger partial charge >= 0.3 is 0 Å². The Hall–Kier alpha value is -2.82. The Morgan fingerprint density at radius 3 is 2.72 bits per heavy atom. The molecule has 1 fully saturated rings. The third-order valence-corrected chi connectivity index (χ3v) is 4.82. The molecule has 5 heteroatoms. The van der Waals surface area contributed by atoms with Crippen molar-refractivity contribution in [1.82, 2.24) is 9.88 Å².